The fourth-order valence-electron chi connectivity index (χ4n) is 3.22. The lowest BCUT2D eigenvalue weighted by atomic mass is 9.93. The number of nitrogens with one attached hydrogen (secondary N) is 1. The first-order chi connectivity index (χ1) is 8.66. The molecule has 0 radical (unpaired) electrons. The molecule has 2 aliphatic rings. The molecule has 2 aliphatic heterocycles. The summed E-state index contributed by atoms with van der Waals surface area (Å²) >= 11 is 0. The number of aromatic nitrogens is 1. The summed E-state index contributed by atoms with van der Waals surface area (Å²) < 4.78 is 1.99. The van der Waals surface area contributed by atoms with Gasteiger partial charge in [-0.3, -0.25) is 4.79 Å². The van der Waals surface area contributed by atoms with Gasteiger partial charge in [-0.25, -0.2) is 0 Å². The predicted molar refractivity (Wildman–Crippen MR) is 70.6 cm³/mol. The molecule has 2 unspecified atom stereocenters. The molecule has 2 atom stereocenters. The maximum Gasteiger partial charge on any atom is 0.270 e. The van der Waals surface area contributed by atoms with E-state index in [0.717, 1.165) is 37.4 Å². The van der Waals surface area contributed by atoms with E-state index < -0.39 is 0 Å². The number of carbonyl (C=O) groups is 1. The third-order valence-corrected chi connectivity index (χ3v) is 4.53. The first kappa shape index (κ1) is 11.8. The third-order valence-electron chi connectivity index (χ3n) is 4.53. The average Bonchev–Trinajstić information content (AvgIpc) is 2.96. The Bertz CT molecular complexity index is 466. The maximum atomic E-state index is 12.5. The highest BCUT2D eigenvalue weighted by atomic mass is 16.2. The number of rotatable bonds is 1. The second-order valence-corrected chi connectivity index (χ2v) is 5.57. The standard InChI is InChI=1S/C14H21N3O/c1-10-3-4-13(16(10)2)14(18)17-8-6-12-11(9-17)5-7-15-12/h3-4,11-12,15H,5-9H2,1-2H3. The van der Waals surface area contributed by atoms with Crippen molar-refractivity contribution >= 4 is 5.91 Å². The minimum atomic E-state index is 0.191. The fourth-order valence-corrected chi connectivity index (χ4v) is 3.22. The van der Waals surface area contributed by atoms with E-state index in [-0.39, 0.29) is 5.91 Å². The van der Waals surface area contributed by atoms with Crippen LogP contribution in [0.3, 0.4) is 0 Å². The molecule has 0 saturated carbocycles. The lowest BCUT2D eigenvalue weighted by Crippen LogP contribution is -2.47. The van der Waals surface area contributed by atoms with Crippen molar-refractivity contribution in [3.63, 3.8) is 0 Å². The molecule has 1 aromatic heterocycles. The van der Waals surface area contributed by atoms with Crippen LogP contribution in [0.5, 0.6) is 0 Å². The zero-order valence-electron chi connectivity index (χ0n) is 11.1. The summed E-state index contributed by atoms with van der Waals surface area (Å²) in [5.74, 6) is 0.847. The molecule has 0 spiro atoms. The summed E-state index contributed by atoms with van der Waals surface area (Å²) in [6, 6.07) is 4.59. The van der Waals surface area contributed by atoms with Gasteiger partial charge >= 0.3 is 0 Å². The van der Waals surface area contributed by atoms with E-state index in [2.05, 4.69) is 5.32 Å². The van der Waals surface area contributed by atoms with E-state index in [1.807, 2.05) is 35.6 Å². The molecule has 1 aromatic rings. The van der Waals surface area contributed by atoms with Crippen LogP contribution in [-0.4, -0.2) is 41.1 Å². The number of aryl methyl sites for hydroxylation is 1. The van der Waals surface area contributed by atoms with E-state index in [0.29, 0.717) is 12.0 Å². The zero-order valence-corrected chi connectivity index (χ0v) is 11.1. The fraction of sp³-hybridized carbons (Fsp3) is 0.643. The molecule has 0 aromatic carbocycles. The van der Waals surface area contributed by atoms with Gasteiger partial charge in [0.25, 0.3) is 5.91 Å². The summed E-state index contributed by atoms with van der Waals surface area (Å²) in [5.41, 5.74) is 1.95. The van der Waals surface area contributed by atoms with Crippen LogP contribution in [-0.2, 0) is 7.05 Å². The van der Waals surface area contributed by atoms with Crippen LogP contribution in [0.2, 0.25) is 0 Å². The Hall–Kier alpha value is -1.29. The summed E-state index contributed by atoms with van der Waals surface area (Å²) in [5, 5.41) is 3.53. The summed E-state index contributed by atoms with van der Waals surface area (Å²) in [6.07, 6.45) is 2.31. The molecular formula is C14H21N3O. The quantitative estimate of drug-likeness (QED) is 0.808. The Morgan fingerprint density at radius 1 is 1.39 bits per heavy atom. The molecule has 0 aliphatic carbocycles. The second-order valence-electron chi connectivity index (χ2n) is 5.57. The van der Waals surface area contributed by atoms with Crippen LogP contribution in [0.1, 0.15) is 29.0 Å². The summed E-state index contributed by atoms with van der Waals surface area (Å²) in [6.45, 7) is 4.95. The van der Waals surface area contributed by atoms with E-state index >= 15 is 0 Å². The minimum absolute atomic E-state index is 0.191. The van der Waals surface area contributed by atoms with E-state index in [4.69, 9.17) is 0 Å². The van der Waals surface area contributed by atoms with Crippen LogP contribution in [0.15, 0.2) is 12.1 Å². The monoisotopic (exact) mass is 247 g/mol. The number of nitrogens with zero attached hydrogens (tertiary/aromatic N) is 2. The van der Waals surface area contributed by atoms with Gasteiger partial charge in [-0.15, -0.1) is 0 Å². The van der Waals surface area contributed by atoms with Crippen molar-refractivity contribution in [2.75, 3.05) is 19.6 Å². The van der Waals surface area contributed by atoms with Crippen molar-refractivity contribution in [2.45, 2.75) is 25.8 Å². The Morgan fingerprint density at radius 3 is 2.94 bits per heavy atom. The molecule has 4 heteroatoms. The molecule has 98 valence electrons. The van der Waals surface area contributed by atoms with Crippen LogP contribution < -0.4 is 5.32 Å². The number of hydrogen-bond donors (Lipinski definition) is 1. The van der Waals surface area contributed by atoms with Gasteiger partial charge in [0, 0.05) is 31.9 Å². The van der Waals surface area contributed by atoms with Crippen molar-refractivity contribution in [1.82, 2.24) is 14.8 Å². The Balaban J connectivity index is 1.75. The molecule has 1 N–H and O–H groups in total. The highest BCUT2D eigenvalue weighted by Crippen LogP contribution is 2.25. The number of fused-ring (bicyclic) bond motifs is 1. The number of piperidine rings is 1. The van der Waals surface area contributed by atoms with Gasteiger partial charge in [0.1, 0.15) is 5.69 Å². The van der Waals surface area contributed by atoms with Gasteiger partial charge in [-0.2, -0.15) is 0 Å². The Labute approximate surface area is 108 Å². The van der Waals surface area contributed by atoms with Crippen LogP contribution in [0.25, 0.3) is 0 Å². The largest absolute Gasteiger partial charge is 0.344 e. The van der Waals surface area contributed by atoms with Crippen molar-refractivity contribution in [3.8, 4) is 0 Å². The molecule has 2 saturated heterocycles. The van der Waals surface area contributed by atoms with Crippen molar-refractivity contribution < 1.29 is 4.79 Å². The normalized spacial score (nSPS) is 27.3. The van der Waals surface area contributed by atoms with E-state index in [1.54, 1.807) is 0 Å². The smallest absolute Gasteiger partial charge is 0.270 e. The van der Waals surface area contributed by atoms with Gasteiger partial charge in [0.2, 0.25) is 0 Å². The van der Waals surface area contributed by atoms with E-state index in [9.17, 15) is 4.79 Å². The number of hydrogen-bond acceptors (Lipinski definition) is 2. The van der Waals surface area contributed by atoms with Gasteiger partial charge in [-0.05, 0) is 44.4 Å². The molecule has 4 nitrogen and oxygen atoms in total. The number of carbonyl (C=O) groups excluding carboxylic acids is 1. The van der Waals surface area contributed by atoms with Gasteiger partial charge in [0.05, 0.1) is 0 Å². The minimum Gasteiger partial charge on any atom is -0.344 e. The number of amides is 1. The summed E-state index contributed by atoms with van der Waals surface area (Å²) in [4.78, 5) is 14.5. The average molecular weight is 247 g/mol. The predicted octanol–water partition coefficient (Wildman–Crippen LogP) is 1.16. The molecule has 18 heavy (non-hydrogen) atoms. The highest BCUT2D eigenvalue weighted by molar-refractivity contribution is 5.93. The van der Waals surface area contributed by atoms with Gasteiger partial charge < -0.3 is 14.8 Å². The molecule has 1 amide bonds. The lowest BCUT2D eigenvalue weighted by molar-refractivity contribution is 0.0652. The maximum absolute atomic E-state index is 12.5. The van der Waals surface area contributed by atoms with Crippen molar-refractivity contribution in [3.05, 3.63) is 23.5 Å². The van der Waals surface area contributed by atoms with Crippen molar-refractivity contribution in [1.29, 1.82) is 0 Å². The zero-order chi connectivity index (χ0) is 12.7. The summed E-state index contributed by atoms with van der Waals surface area (Å²) in [7, 11) is 1.96. The van der Waals surface area contributed by atoms with E-state index in [1.165, 1.54) is 6.42 Å². The van der Waals surface area contributed by atoms with Gasteiger partial charge in [-0.1, -0.05) is 0 Å². The topological polar surface area (TPSA) is 37.3 Å². The van der Waals surface area contributed by atoms with Crippen molar-refractivity contribution in [2.24, 2.45) is 13.0 Å². The highest BCUT2D eigenvalue weighted by Gasteiger charge is 2.34. The second kappa shape index (κ2) is 4.43. The lowest BCUT2D eigenvalue weighted by Gasteiger charge is -2.34. The molecule has 2 fully saturated rings. The van der Waals surface area contributed by atoms with Gasteiger partial charge in [0.15, 0.2) is 0 Å². The molecule has 0 bridgehead atoms. The van der Waals surface area contributed by atoms with Crippen LogP contribution in [0.4, 0.5) is 0 Å². The molecule has 3 heterocycles. The SMILES string of the molecule is Cc1ccc(C(=O)N2CCC3NCCC3C2)n1C. The Kier molecular flexibility index (Phi) is 2.90. The van der Waals surface area contributed by atoms with Crippen LogP contribution in [0, 0.1) is 12.8 Å². The first-order valence-corrected chi connectivity index (χ1v) is 6.82. The van der Waals surface area contributed by atoms with Crippen LogP contribution >= 0.6 is 0 Å². The number of likely N-dealkylation sites (tertiary alicyclic amines) is 1. The molecule has 3 rings (SSSR count). The first-order valence-electron chi connectivity index (χ1n) is 6.82. The Morgan fingerprint density at radius 2 is 2.22 bits per heavy atom. The molecular weight excluding hydrogens is 226 g/mol. The third kappa shape index (κ3) is 1.85.